The molecule has 2 aliphatic rings. The second-order valence-corrected chi connectivity index (χ2v) is 7.16. The highest BCUT2D eigenvalue weighted by Gasteiger charge is 2.38. The average Bonchev–Trinajstić information content (AvgIpc) is 2.77. The van der Waals surface area contributed by atoms with Crippen molar-refractivity contribution in [1.29, 1.82) is 0 Å². The molecule has 2 nitrogen and oxygen atoms in total. The van der Waals surface area contributed by atoms with Gasteiger partial charge in [-0.15, -0.1) is 0 Å². The van der Waals surface area contributed by atoms with Crippen LogP contribution in [0, 0.1) is 12.3 Å². The minimum atomic E-state index is 0.614. The number of halogens is 1. The molecule has 0 saturated carbocycles. The largest absolute Gasteiger partial charge is 0.317 e. The van der Waals surface area contributed by atoms with Gasteiger partial charge in [0, 0.05) is 17.6 Å². The molecule has 1 N–H and O–H groups in total. The van der Waals surface area contributed by atoms with Crippen molar-refractivity contribution >= 4 is 15.9 Å². The van der Waals surface area contributed by atoms with E-state index >= 15 is 0 Å². The Bertz CT molecular complexity index is 452. The van der Waals surface area contributed by atoms with Crippen molar-refractivity contribution in [2.45, 2.75) is 32.7 Å². The summed E-state index contributed by atoms with van der Waals surface area (Å²) in [6.07, 6.45) is 4.11. The molecule has 2 fully saturated rings. The van der Waals surface area contributed by atoms with Gasteiger partial charge in [0.1, 0.15) is 0 Å². The number of likely N-dealkylation sites (tertiary alicyclic amines) is 1. The van der Waals surface area contributed by atoms with Crippen molar-refractivity contribution in [3.05, 3.63) is 33.8 Å². The number of piperidine rings is 1. The molecule has 0 aliphatic carbocycles. The van der Waals surface area contributed by atoms with Crippen molar-refractivity contribution in [3.8, 4) is 0 Å². The van der Waals surface area contributed by atoms with Crippen LogP contribution < -0.4 is 5.32 Å². The second kappa shape index (κ2) is 5.55. The lowest BCUT2D eigenvalue weighted by Gasteiger charge is -2.34. The first-order valence-corrected chi connectivity index (χ1v) is 8.14. The Labute approximate surface area is 124 Å². The monoisotopic (exact) mass is 322 g/mol. The first kappa shape index (κ1) is 13.6. The second-order valence-electron chi connectivity index (χ2n) is 6.31. The Morgan fingerprint density at radius 2 is 2.05 bits per heavy atom. The lowest BCUT2D eigenvalue weighted by Crippen LogP contribution is -2.38. The third-order valence-corrected chi connectivity index (χ3v) is 5.52. The van der Waals surface area contributed by atoms with E-state index in [1.54, 1.807) is 0 Å². The van der Waals surface area contributed by atoms with Crippen molar-refractivity contribution in [2.24, 2.45) is 5.41 Å². The third kappa shape index (κ3) is 3.04. The van der Waals surface area contributed by atoms with Gasteiger partial charge in [-0.2, -0.15) is 0 Å². The maximum atomic E-state index is 3.71. The Balaban J connectivity index is 1.65. The topological polar surface area (TPSA) is 15.3 Å². The van der Waals surface area contributed by atoms with Gasteiger partial charge in [-0.3, -0.25) is 4.90 Å². The van der Waals surface area contributed by atoms with Crippen molar-refractivity contribution in [2.75, 3.05) is 26.2 Å². The molecule has 0 amide bonds. The summed E-state index contributed by atoms with van der Waals surface area (Å²) in [7, 11) is 0. The molecular weight excluding hydrogens is 300 g/mol. The van der Waals surface area contributed by atoms with Crippen LogP contribution in [-0.4, -0.2) is 31.1 Å². The van der Waals surface area contributed by atoms with E-state index in [0.717, 1.165) is 6.54 Å². The van der Waals surface area contributed by atoms with E-state index in [1.165, 1.54) is 61.0 Å². The summed E-state index contributed by atoms with van der Waals surface area (Å²) in [6.45, 7) is 8.21. The Kier molecular flexibility index (Phi) is 3.97. The van der Waals surface area contributed by atoms with Gasteiger partial charge < -0.3 is 5.32 Å². The normalized spacial score (nSPS) is 23.1. The molecule has 1 aromatic rings. The predicted octanol–water partition coefficient (Wildman–Crippen LogP) is 3.33. The van der Waals surface area contributed by atoms with Gasteiger partial charge in [-0.05, 0) is 68.4 Å². The predicted molar refractivity (Wildman–Crippen MR) is 83.3 cm³/mol. The van der Waals surface area contributed by atoms with Gasteiger partial charge in [-0.1, -0.05) is 28.1 Å². The quantitative estimate of drug-likeness (QED) is 0.898. The summed E-state index contributed by atoms with van der Waals surface area (Å²) < 4.78 is 1.26. The molecule has 0 radical (unpaired) electrons. The summed E-state index contributed by atoms with van der Waals surface area (Å²) in [5.41, 5.74) is 3.37. The zero-order valence-electron chi connectivity index (χ0n) is 11.7. The molecule has 104 valence electrons. The molecular formula is C16H23BrN2. The number of rotatable bonds is 2. The lowest BCUT2D eigenvalue weighted by molar-refractivity contribution is 0.194. The summed E-state index contributed by atoms with van der Waals surface area (Å²) in [5.74, 6) is 0. The zero-order chi connectivity index (χ0) is 13.3. The molecule has 1 spiro atoms. The van der Waals surface area contributed by atoms with Crippen LogP contribution in [-0.2, 0) is 6.54 Å². The van der Waals surface area contributed by atoms with E-state index in [0.29, 0.717) is 5.41 Å². The van der Waals surface area contributed by atoms with Gasteiger partial charge in [-0.25, -0.2) is 0 Å². The smallest absolute Gasteiger partial charge is 0.0245 e. The van der Waals surface area contributed by atoms with Gasteiger partial charge in [0.15, 0.2) is 0 Å². The van der Waals surface area contributed by atoms with Gasteiger partial charge in [0.25, 0.3) is 0 Å². The number of nitrogens with zero attached hydrogens (tertiary/aromatic N) is 1. The minimum absolute atomic E-state index is 0.614. The van der Waals surface area contributed by atoms with Gasteiger partial charge in [0.2, 0.25) is 0 Å². The summed E-state index contributed by atoms with van der Waals surface area (Å²) >= 11 is 3.71. The Hall–Kier alpha value is -0.380. The summed E-state index contributed by atoms with van der Waals surface area (Å²) in [4.78, 5) is 2.64. The van der Waals surface area contributed by atoms with E-state index in [-0.39, 0.29) is 0 Å². The molecule has 3 rings (SSSR count). The van der Waals surface area contributed by atoms with Crippen molar-refractivity contribution in [1.82, 2.24) is 10.2 Å². The van der Waals surface area contributed by atoms with Crippen LogP contribution in [0.25, 0.3) is 0 Å². The average molecular weight is 323 g/mol. The van der Waals surface area contributed by atoms with E-state index in [1.807, 2.05) is 0 Å². The van der Waals surface area contributed by atoms with Crippen LogP contribution in [0.5, 0.6) is 0 Å². The molecule has 0 atom stereocenters. The molecule has 3 heteroatoms. The lowest BCUT2D eigenvalue weighted by atomic mass is 9.78. The van der Waals surface area contributed by atoms with E-state index in [9.17, 15) is 0 Å². The highest BCUT2D eigenvalue weighted by molar-refractivity contribution is 9.10. The minimum Gasteiger partial charge on any atom is -0.317 e. The number of nitrogens with one attached hydrogen (secondary N) is 1. The first-order valence-electron chi connectivity index (χ1n) is 7.35. The number of hydrogen-bond donors (Lipinski definition) is 1. The molecule has 2 saturated heterocycles. The van der Waals surface area contributed by atoms with E-state index in [4.69, 9.17) is 0 Å². The Morgan fingerprint density at radius 3 is 2.79 bits per heavy atom. The maximum absolute atomic E-state index is 3.71. The molecule has 0 unspecified atom stereocenters. The molecule has 2 heterocycles. The van der Waals surface area contributed by atoms with Gasteiger partial charge >= 0.3 is 0 Å². The highest BCUT2D eigenvalue weighted by atomic mass is 79.9. The first-order chi connectivity index (χ1) is 9.17. The Morgan fingerprint density at radius 1 is 1.26 bits per heavy atom. The summed E-state index contributed by atoms with van der Waals surface area (Å²) in [6, 6.07) is 6.72. The van der Waals surface area contributed by atoms with Crippen LogP contribution in [0.3, 0.4) is 0 Å². The van der Waals surface area contributed by atoms with Crippen molar-refractivity contribution in [3.63, 3.8) is 0 Å². The standard InChI is InChI=1S/C16H23BrN2/c1-13-2-3-14(15(17)10-13)11-19-9-6-16(12-19)4-7-18-8-5-16/h2-3,10,18H,4-9,11-12H2,1H3. The maximum Gasteiger partial charge on any atom is 0.0245 e. The van der Waals surface area contributed by atoms with Crippen LogP contribution in [0.4, 0.5) is 0 Å². The SMILES string of the molecule is Cc1ccc(CN2CCC3(CCNCC3)C2)c(Br)c1. The van der Waals surface area contributed by atoms with Gasteiger partial charge in [0.05, 0.1) is 0 Å². The van der Waals surface area contributed by atoms with Crippen LogP contribution in [0.15, 0.2) is 22.7 Å². The van der Waals surface area contributed by atoms with Crippen LogP contribution in [0.2, 0.25) is 0 Å². The number of benzene rings is 1. The zero-order valence-corrected chi connectivity index (χ0v) is 13.3. The van der Waals surface area contributed by atoms with Crippen molar-refractivity contribution < 1.29 is 0 Å². The molecule has 1 aromatic carbocycles. The highest BCUT2D eigenvalue weighted by Crippen LogP contribution is 2.39. The number of hydrogen-bond acceptors (Lipinski definition) is 2. The molecule has 0 bridgehead atoms. The fraction of sp³-hybridized carbons (Fsp3) is 0.625. The molecule has 2 aliphatic heterocycles. The fourth-order valence-electron chi connectivity index (χ4n) is 3.55. The molecule has 19 heavy (non-hydrogen) atoms. The molecule has 0 aromatic heterocycles. The van der Waals surface area contributed by atoms with Crippen LogP contribution >= 0.6 is 15.9 Å². The fourth-order valence-corrected chi connectivity index (χ4v) is 4.17. The summed E-state index contributed by atoms with van der Waals surface area (Å²) in [5, 5.41) is 3.49. The van der Waals surface area contributed by atoms with Crippen LogP contribution in [0.1, 0.15) is 30.4 Å². The van der Waals surface area contributed by atoms with E-state index < -0.39 is 0 Å². The number of aryl methyl sites for hydroxylation is 1. The van der Waals surface area contributed by atoms with E-state index in [2.05, 4.69) is 51.3 Å². The third-order valence-electron chi connectivity index (χ3n) is 4.78.